The topological polar surface area (TPSA) is 21.7 Å². The summed E-state index contributed by atoms with van der Waals surface area (Å²) in [5, 5.41) is 0. The van der Waals surface area contributed by atoms with Gasteiger partial charge in [0, 0.05) is 18.8 Å². The molecule has 0 aliphatic carbocycles. The molecule has 116 valence electrons. The van der Waals surface area contributed by atoms with E-state index in [0.717, 1.165) is 41.9 Å². The van der Waals surface area contributed by atoms with Gasteiger partial charge in [0.1, 0.15) is 0 Å². The van der Waals surface area contributed by atoms with Crippen LogP contribution in [0.4, 0.5) is 5.69 Å². The highest BCUT2D eigenvalue weighted by Gasteiger charge is 2.21. The summed E-state index contributed by atoms with van der Waals surface area (Å²) in [6, 6.07) is 12.7. The molecule has 0 fully saturated rings. The Balaban J connectivity index is 1.93. The van der Waals surface area contributed by atoms with Crippen LogP contribution in [-0.4, -0.2) is 27.3 Å². The SMILES string of the molecule is COc1cc2c(c(Br)c1OC)CCN(c1ccccc1)CC2. The number of hydrogen-bond donors (Lipinski definition) is 0. The average molecular weight is 362 g/mol. The smallest absolute Gasteiger partial charge is 0.175 e. The van der Waals surface area contributed by atoms with Crippen molar-refractivity contribution in [2.75, 3.05) is 32.2 Å². The van der Waals surface area contributed by atoms with Crippen molar-refractivity contribution in [3.8, 4) is 11.5 Å². The molecule has 0 bridgehead atoms. The summed E-state index contributed by atoms with van der Waals surface area (Å²) < 4.78 is 12.0. The van der Waals surface area contributed by atoms with Crippen LogP contribution in [0.1, 0.15) is 11.1 Å². The third kappa shape index (κ3) is 2.80. The Morgan fingerprint density at radius 3 is 2.41 bits per heavy atom. The molecule has 0 saturated carbocycles. The second-order valence-corrected chi connectivity index (χ2v) is 6.18. The van der Waals surface area contributed by atoms with Crippen LogP contribution in [0.25, 0.3) is 0 Å². The van der Waals surface area contributed by atoms with Gasteiger partial charge in [-0.2, -0.15) is 0 Å². The lowest BCUT2D eigenvalue weighted by Gasteiger charge is -2.22. The Kier molecular flexibility index (Phi) is 4.57. The highest BCUT2D eigenvalue weighted by Crippen LogP contribution is 2.41. The maximum Gasteiger partial charge on any atom is 0.175 e. The molecule has 2 aromatic carbocycles. The summed E-state index contributed by atoms with van der Waals surface area (Å²) in [6.45, 7) is 2.02. The number of rotatable bonds is 3. The molecule has 3 rings (SSSR count). The van der Waals surface area contributed by atoms with E-state index in [2.05, 4.69) is 57.2 Å². The first kappa shape index (κ1) is 15.2. The number of hydrogen-bond acceptors (Lipinski definition) is 3. The Morgan fingerprint density at radius 1 is 1.00 bits per heavy atom. The molecule has 1 heterocycles. The van der Waals surface area contributed by atoms with E-state index in [1.807, 2.05) is 0 Å². The number of fused-ring (bicyclic) bond motifs is 1. The first-order valence-electron chi connectivity index (χ1n) is 7.46. The molecule has 0 N–H and O–H groups in total. The predicted molar refractivity (Wildman–Crippen MR) is 93.3 cm³/mol. The third-order valence-corrected chi connectivity index (χ3v) is 5.05. The Labute approximate surface area is 140 Å². The lowest BCUT2D eigenvalue weighted by molar-refractivity contribution is 0.352. The van der Waals surface area contributed by atoms with Crippen molar-refractivity contribution in [3.63, 3.8) is 0 Å². The lowest BCUT2D eigenvalue weighted by Crippen LogP contribution is -2.25. The quantitative estimate of drug-likeness (QED) is 0.822. The van der Waals surface area contributed by atoms with E-state index < -0.39 is 0 Å². The summed E-state index contributed by atoms with van der Waals surface area (Å²) in [5.41, 5.74) is 3.95. The molecule has 0 amide bonds. The maximum absolute atomic E-state index is 5.50. The largest absolute Gasteiger partial charge is 0.493 e. The molecular weight excluding hydrogens is 342 g/mol. The van der Waals surface area contributed by atoms with Gasteiger partial charge in [-0.25, -0.2) is 0 Å². The van der Waals surface area contributed by atoms with E-state index in [9.17, 15) is 0 Å². The summed E-state index contributed by atoms with van der Waals surface area (Å²) in [7, 11) is 3.37. The molecule has 1 aliphatic heterocycles. The lowest BCUT2D eigenvalue weighted by atomic mass is 10.0. The van der Waals surface area contributed by atoms with E-state index in [1.54, 1.807) is 14.2 Å². The van der Waals surface area contributed by atoms with Crippen molar-refractivity contribution in [2.24, 2.45) is 0 Å². The zero-order valence-electron chi connectivity index (χ0n) is 12.9. The van der Waals surface area contributed by atoms with Crippen molar-refractivity contribution < 1.29 is 9.47 Å². The maximum atomic E-state index is 5.50. The molecule has 0 unspecified atom stereocenters. The Hall–Kier alpha value is -1.68. The van der Waals surface area contributed by atoms with E-state index in [1.165, 1.54) is 16.8 Å². The van der Waals surface area contributed by atoms with Crippen molar-refractivity contribution in [1.82, 2.24) is 0 Å². The molecular formula is C18H20BrNO2. The minimum atomic E-state index is 0.786. The van der Waals surface area contributed by atoms with Crippen LogP contribution in [0.15, 0.2) is 40.9 Å². The van der Waals surface area contributed by atoms with E-state index in [-0.39, 0.29) is 0 Å². The fourth-order valence-corrected chi connectivity index (χ4v) is 3.85. The number of halogens is 1. The van der Waals surface area contributed by atoms with Gasteiger partial charge >= 0.3 is 0 Å². The van der Waals surface area contributed by atoms with Gasteiger partial charge in [0.2, 0.25) is 0 Å². The molecule has 22 heavy (non-hydrogen) atoms. The van der Waals surface area contributed by atoms with Crippen LogP contribution >= 0.6 is 15.9 Å². The fraction of sp³-hybridized carbons (Fsp3) is 0.333. The molecule has 0 saturated heterocycles. The van der Waals surface area contributed by atoms with Gasteiger partial charge in [0.05, 0.1) is 18.7 Å². The standard InChI is InChI=1S/C18H20BrNO2/c1-21-16-12-13-8-10-20(14-6-4-3-5-7-14)11-9-15(13)17(19)18(16)22-2/h3-7,12H,8-11H2,1-2H3. The summed E-state index contributed by atoms with van der Waals surface area (Å²) in [6.07, 6.45) is 1.99. The number of para-hydroxylation sites is 1. The number of anilines is 1. The van der Waals surface area contributed by atoms with Gasteiger partial charge in [-0.1, -0.05) is 18.2 Å². The van der Waals surface area contributed by atoms with Crippen molar-refractivity contribution in [1.29, 1.82) is 0 Å². The van der Waals surface area contributed by atoms with E-state index in [0.29, 0.717) is 0 Å². The number of benzene rings is 2. The van der Waals surface area contributed by atoms with E-state index >= 15 is 0 Å². The zero-order chi connectivity index (χ0) is 15.5. The second-order valence-electron chi connectivity index (χ2n) is 5.39. The van der Waals surface area contributed by atoms with Crippen LogP contribution < -0.4 is 14.4 Å². The minimum Gasteiger partial charge on any atom is -0.493 e. The zero-order valence-corrected chi connectivity index (χ0v) is 14.5. The highest BCUT2D eigenvalue weighted by atomic mass is 79.9. The molecule has 4 heteroatoms. The van der Waals surface area contributed by atoms with Crippen LogP contribution in [-0.2, 0) is 12.8 Å². The molecule has 1 aliphatic rings. The fourth-order valence-electron chi connectivity index (χ4n) is 3.04. The monoisotopic (exact) mass is 361 g/mol. The van der Waals surface area contributed by atoms with Crippen molar-refractivity contribution >= 4 is 21.6 Å². The van der Waals surface area contributed by atoms with E-state index in [4.69, 9.17) is 9.47 Å². The molecule has 0 aromatic heterocycles. The highest BCUT2D eigenvalue weighted by molar-refractivity contribution is 9.10. The van der Waals surface area contributed by atoms with Gasteiger partial charge in [-0.05, 0) is 58.1 Å². The van der Waals surface area contributed by atoms with Crippen molar-refractivity contribution in [3.05, 3.63) is 52.0 Å². The normalized spacial score (nSPS) is 14.2. The summed E-state index contributed by atoms with van der Waals surface area (Å²) >= 11 is 3.71. The first-order chi connectivity index (χ1) is 10.7. The molecule has 0 spiro atoms. The molecule has 3 nitrogen and oxygen atoms in total. The Morgan fingerprint density at radius 2 is 1.73 bits per heavy atom. The van der Waals surface area contributed by atoms with Crippen LogP contribution in [0.3, 0.4) is 0 Å². The van der Waals surface area contributed by atoms with Crippen LogP contribution in [0, 0.1) is 0 Å². The van der Waals surface area contributed by atoms with Gasteiger partial charge < -0.3 is 14.4 Å². The minimum absolute atomic E-state index is 0.786. The predicted octanol–water partition coefficient (Wildman–Crippen LogP) is 4.07. The number of ether oxygens (including phenoxy) is 2. The van der Waals surface area contributed by atoms with Crippen LogP contribution in [0.5, 0.6) is 11.5 Å². The second kappa shape index (κ2) is 6.61. The van der Waals surface area contributed by atoms with Gasteiger partial charge in [-0.3, -0.25) is 0 Å². The Bertz CT molecular complexity index is 658. The average Bonchev–Trinajstić information content (AvgIpc) is 2.78. The molecule has 0 atom stereocenters. The van der Waals surface area contributed by atoms with Crippen LogP contribution in [0.2, 0.25) is 0 Å². The number of nitrogens with zero attached hydrogens (tertiary/aromatic N) is 1. The van der Waals surface area contributed by atoms with Crippen molar-refractivity contribution in [2.45, 2.75) is 12.8 Å². The third-order valence-electron chi connectivity index (χ3n) is 4.21. The molecule has 0 radical (unpaired) electrons. The van der Waals surface area contributed by atoms with Gasteiger partial charge in [-0.15, -0.1) is 0 Å². The molecule has 2 aromatic rings. The number of methoxy groups -OCH3 is 2. The summed E-state index contributed by atoms with van der Waals surface area (Å²) in [5.74, 6) is 1.58. The summed E-state index contributed by atoms with van der Waals surface area (Å²) in [4.78, 5) is 2.44. The first-order valence-corrected chi connectivity index (χ1v) is 8.26. The van der Waals surface area contributed by atoms with Gasteiger partial charge in [0.15, 0.2) is 11.5 Å². The van der Waals surface area contributed by atoms with Gasteiger partial charge in [0.25, 0.3) is 0 Å².